The van der Waals surface area contributed by atoms with Crippen molar-refractivity contribution >= 4 is 16.7 Å². The number of methoxy groups -OCH3 is 2. The van der Waals surface area contributed by atoms with E-state index in [1.54, 1.807) is 31.4 Å². The molecule has 0 atom stereocenters. The first kappa shape index (κ1) is 19.0. The van der Waals surface area contributed by atoms with Crippen LogP contribution in [0.1, 0.15) is 18.4 Å². The largest absolute Gasteiger partial charge is 0.497 e. The summed E-state index contributed by atoms with van der Waals surface area (Å²) in [4.78, 5) is 27.6. The Hall–Kier alpha value is -3.35. The molecule has 0 unspecified atom stereocenters. The van der Waals surface area contributed by atoms with Gasteiger partial charge in [-0.25, -0.2) is 4.68 Å². The van der Waals surface area contributed by atoms with Crippen molar-refractivity contribution in [2.24, 2.45) is 0 Å². The zero-order chi connectivity index (χ0) is 20.4. The molecular formula is C22H23N3O4. The Balaban J connectivity index is 1.59. The highest BCUT2D eigenvalue weighted by Gasteiger charge is 2.33. The molecule has 0 bridgehead atoms. The smallest absolute Gasteiger partial charge is 0.275 e. The number of carbonyl (C=O) groups is 1. The maximum atomic E-state index is 13.1. The molecule has 1 aromatic heterocycles. The van der Waals surface area contributed by atoms with Gasteiger partial charge in [-0.15, -0.1) is 0 Å². The third-order valence-electron chi connectivity index (χ3n) is 5.18. The third-order valence-corrected chi connectivity index (χ3v) is 5.18. The number of ether oxygens (including phenoxy) is 2. The molecule has 7 nitrogen and oxygen atoms in total. The van der Waals surface area contributed by atoms with Gasteiger partial charge in [0.1, 0.15) is 18.0 Å². The Bertz CT molecular complexity index is 1100. The lowest BCUT2D eigenvalue weighted by Crippen LogP contribution is -2.38. The summed E-state index contributed by atoms with van der Waals surface area (Å²) in [6.45, 7) is 0.304. The highest BCUT2D eigenvalue weighted by molar-refractivity contribution is 5.81. The molecule has 7 heteroatoms. The molecule has 1 amide bonds. The van der Waals surface area contributed by atoms with E-state index in [0.717, 1.165) is 23.8 Å². The summed E-state index contributed by atoms with van der Waals surface area (Å²) in [6.07, 6.45) is 3.53. The van der Waals surface area contributed by atoms with Gasteiger partial charge in [-0.1, -0.05) is 18.2 Å². The monoisotopic (exact) mass is 393 g/mol. The van der Waals surface area contributed by atoms with Gasteiger partial charge in [0.25, 0.3) is 5.56 Å². The molecule has 1 aliphatic rings. The molecule has 0 N–H and O–H groups in total. The summed E-state index contributed by atoms with van der Waals surface area (Å²) in [5.41, 5.74) is 0.608. The van der Waals surface area contributed by atoms with Crippen LogP contribution in [0.25, 0.3) is 10.8 Å². The quantitative estimate of drug-likeness (QED) is 0.617. The number of rotatable bonds is 7. The van der Waals surface area contributed by atoms with Crippen LogP contribution < -0.4 is 15.0 Å². The van der Waals surface area contributed by atoms with Gasteiger partial charge in [0, 0.05) is 23.5 Å². The summed E-state index contributed by atoms with van der Waals surface area (Å²) in [6, 6.07) is 13.0. The van der Waals surface area contributed by atoms with Crippen LogP contribution in [-0.2, 0) is 17.9 Å². The summed E-state index contributed by atoms with van der Waals surface area (Å²) in [5.74, 6) is 1.27. The minimum absolute atomic E-state index is 0.0908. The Morgan fingerprint density at radius 1 is 1.17 bits per heavy atom. The predicted octanol–water partition coefficient (Wildman–Crippen LogP) is 2.60. The zero-order valence-electron chi connectivity index (χ0n) is 16.5. The van der Waals surface area contributed by atoms with Crippen LogP contribution in [0.3, 0.4) is 0 Å². The number of hydrogen-bond acceptors (Lipinski definition) is 5. The fraction of sp³-hybridized carbons (Fsp3) is 0.318. The van der Waals surface area contributed by atoms with Crippen LogP contribution in [0.2, 0.25) is 0 Å². The second-order valence-corrected chi connectivity index (χ2v) is 7.13. The van der Waals surface area contributed by atoms with Crippen molar-refractivity contribution in [2.75, 3.05) is 14.2 Å². The number of hydrogen-bond donors (Lipinski definition) is 0. The van der Waals surface area contributed by atoms with Crippen LogP contribution in [0, 0.1) is 0 Å². The molecule has 4 rings (SSSR count). The number of carbonyl (C=O) groups excluding carboxylic acids is 1. The van der Waals surface area contributed by atoms with Crippen molar-refractivity contribution < 1.29 is 14.3 Å². The van der Waals surface area contributed by atoms with Crippen LogP contribution in [-0.4, -0.2) is 40.8 Å². The van der Waals surface area contributed by atoms with Gasteiger partial charge in [0.05, 0.1) is 25.8 Å². The number of aromatic nitrogens is 2. The molecule has 3 aromatic rings. The molecule has 0 spiro atoms. The molecule has 1 aliphatic carbocycles. The van der Waals surface area contributed by atoms with Crippen LogP contribution in [0.15, 0.2) is 53.5 Å². The maximum Gasteiger partial charge on any atom is 0.275 e. The molecule has 2 aromatic carbocycles. The first-order valence-electron chi connectivity index (χ1n) is 9.56. The lowest BCUT2D eigenvalue weighted by atomic mass is 10.1. The highest BCUT2D eigenvalue weighted by atomic mass is 16.5. The number of benzene rings is 2. The number of amides is 1. The molecule has 0 radical (unpaired) electrons. The maximum absolute atomic E-state index is 13.1. The van der Waals surface area contributed by atoms with Gasteiger partial charge >= 0.3 is 0 Å². The molecule has 0 saturated heterocycles. The second kappa shape index (κ2) is 7.95. The predicted molar refractivity (Wildman–Crippen MR) is 109 cm³/mol. The number of fused-ring (bicyclic) bond motifs is 1. The molecule has 1 saturated carbocycles. The van der Waals surface area contributed by atoms with E-state index in [2.05, 4.69) is 5.10 Å². The molecule has 1 fully saturated rings. The average molecular weight is 393 g/mol. The van der Waals surface area contributed by atoms with Gasteiger partial charge in [0.2, 0.25) is 5.91 Å². The SMILES string of the molecule is COc1ccc(OC)c(CN(C(=O)Cn2ncc3ccccc3c2=O)C2CC2)c1. The van der Waals surface area contributed by atoms with E-state index in [-0.39, 0.29) is 24.1 Å². The minimum atomic E-state index is -0.258. The first-order valence-corrected chi connectivity index (χ1v) is 9.56. The van der Waals surface area contributed by atoms with Gasteiger partial charge in [-0.2, -0.15) is 5.10 Å². The fourth-order valence-corrected chi connectivity index (χ4v) is 3.46. The Kier molecular flexibility index (Phi) is 5.20. The zero-order valence-corrected chi connectivity index (χ0v) is 16.5. The Morgan fingerprint density at radius 3 is 2.69 bits per heavy atom. The lowest BCUT2D eigenvalue weighted by Gasteiger charge is -2.24. The van der Waals surface area contributed by atoms with Crippen molar-refractivity contribution in [2.45, 2.75) is 32.0 Å². The van der Waals surface area contributed by atoms with Crippen molar-refractivity contribution in [1.82, 2.24) is 14.7 Å². The normalized spacial score (nSPS) is 13.3. The van der Waals surface area contributed by atoms with Crippen molar-refractivity contribution in [1.29, 1.82) is 0 Å². The topological polar surface area (TPSA) is 73.7 Å². The van der Waals surface area contributed by atoms with E-state index >= 15 is 0 Å². The fourth-order valence-electron chi connectivity index (χ4n) is 3.46. The summed E-state index contributed by atoms with van der Waals surface area (Å²) in [5, 5.41) is 5.51. The van der Waals surface area contributed by atoms with Crippen molar-refractivity contribution in [3.05, 3.63) is 64.6 Å². The molecule has 0 aliphatic heterocycles. The molecular weight excluding hydrogens is 370 g/mol. The van der Waals surface area contributed by atoms with E-state index in [1.807, 2.05) is 36.4 Å². The van der Waals surface area contributed by atoms with Gasteiger partial charge in [-0.05, 0) is 37.1 Å². The molecule has 150 valence electrons. The number of nitrogens with zero attached hydrogens (tertiary/aromatic N) is 3. The Labute approximate surface area is 168 Å². The van der Waals surface area contributed by atoms with Gasteiger partial charge in [0.15, 0.2) is 0 Å². The van der Waals surface area contributed by atoms with Gasteiger partial charge < -0.3 is 14.4 Å². The van der Waals surface area contributed by atoms with E-state index in [0.29, 0.717) is 23.4 Å². The molecule has 1 heterocycles. The van der Waals surface area contributed by atoms with Crippen LogP contribution in [0.5, 0.6) is 11.5 Å². The lowest BCUT2D eigenvalue weighted by molar-refractivity contribution is -0.133. The highest BCUT2D eigenvalue weighted by Crippen LogP contribution is 2.32. The minimum Gasteiger partial charge on any atom is -0.497 e. The average Bonchev–Trinajstić information content (AvgIpc) is 3.59. The third kappa shape index (κ3) is 3.94. The summed E-state index contributed by atoms with van der Waals surface area (Å²) < 4.78 is 12.0. The van der Waals surface area contributed by atoms with Crippen LogP contribution in [0.4, 0.5) is 0 Å². The summed E-state index contributed by atoms with van der Waals surface area (Å²) >= 11 is 0. The Morgan fingerprint density at radius 2 is 1.97 bits per heavy atom. The molecule has 29 heavy (non-hydrogen) atoms. The van der Waals surface area contributed by atoms with E-state index < -0.39 is 0 Å². The van der Waals surface area contributed by atoms with E-state index in [1.165, 1.54) is 4.68 Å². The van der Waals surface area contributed by atoms with Crippen molar-refractivity contribution in [3.8, 4) is 11.5 Å². The van der Waals surface area contributed by atoms with Gasteiger partial charge in [-0.3, -0.25) is 9.59 Å². The second-order valence-electron chi connectivity index (χ2n) is 7.13. The van der Waals surface area contributed by atoms with E-state index in [4.69, 9.17) is 9.47 Å². The van der Waals surface area contributed by atoms with E-state index in [9.17, 15) is 9.59 Å². The standard InChI is InChI=1S/C22H23N3O4/c1-28-18-9-10-20(29-2)16(11-18)13-24(17-7-8-17)21(26)14-25-22(27)19-6-4-3-5-15(19)12-23-25/h3-6,9-12,17H,7-8,13-14H2,1-2H3. The first-order chi connectivity index (χ1) is 14.1. The van der Waals surface area contributed by atoms with Crippen molar-refractivity contribution in [3.63, 3.8) is 0 Å². The van der Waals surface area contributed by atoms with Crippen LogP contribution >= 0.6 is 0 Å². The summed E-state index contributed by atoms with van der Waals surface area (Å²) in [7, 11) is 3.21.